The monoisotopic (exact) mass is 542 g/mol. The fraction of sp³-hybridized carbons (Fsp3) is 0.389. The van der Waals surface area contributed by atoms with E-state index >= 15 is 0 Å². The van der Waals surface area contributed by atoms with Gasteiger partial charge >= 0.3 is 0 Å². The van der Waals surface area contributed by atoms with E-state index in [4.69, 9.17) is 0 Å². The summed E-state index contributed by atoms with van der Waals surface area (Å²) in [6.07, 6.45) is 3.85. The Morgan fingerprint density at radius 2 is 1.50 bits per heavy atom. The molecule has 0 unspecified atom stereocenters. The first-order valence-electron chi connectivity index (χ1n) is 14.5. The molecule has 2 amide bonds. The summed E-state index contributed by atoms with van der Waals surface area (Å²) in [4.78, 5) is 22.7. The van der Waals surface area contributed by atoms with Gasteiger partial charge in [-0.3, -0.25) is 9.59 Å². The molecule has 0 heterocycles. The minimum absolute atomic E-state index is 0. The zero-order valence-electron chi connectivity index (χ0n) is 25.1. The third-order valence-corrected chi connectivity index (χ3v) is 6.24. The van der Waals surface area contributed by atoms with Crippen molar-refractivity contribution < 1.29 is 12.4 Å². The molecule has 0 saturated carbocycles. The molecule has 0 aromatic heterocycles. The van der Waals surface area contributed by atoms with E-state index in [0.717, 1.165) is 30.4 Å². The molecule has 4 nitrogen and oxygen atoms in total. The van der Waals surface area contributed by atoms with E-state index in [1.165, 1.54) is 22.3 Å². The molecule has 0 aliphatic heterocycles. The Hall–Kier alpha value is -3.84. The molecule has 0 radical (unpaired) electrons. The van der Waals surface area contributed by atoms with Crippen LogP contribution in [0.5, 0.6) is 0 Å². The normalized spacial score (nSPS) is 10.3. The molecule has 0 fully saturated rings. The molecule has 0 aliphatic rings. The van der Waals surface area contributed by atoms with Crippen LogP contribution in [0, 0.1) is 23.7 Å². The minimum atomic E-state index is 0. The summed E-state index contributed by atoms with van der Waals surface area (Å²) < 4.78 is 0. The van der Waals surface area contributed by atoms with Crippen molar-refractivity contribution in [2.75, 3.05) is 6.54 Å². The van der Waals surface area contributed by atoms with Crippen LogP contribution in [0.25, 0.3) is 11.1 Å². The number of nitrogens with one attached hydrogen (secondary N) is 2. The first kappa shape index (κ1) is 32.4. The number of rotatable bonds is 10. The molecule has 3 aromatic carbocycles. The lowest BCUT2D eigenvalue weighted by Gasteiger charge is -2.10. The number of hydrogen-bond donors (Lipinski definition) is 2. The average molecular weight is 543 g/mol. The standard InChI is InChI=1S/C21H27NO.C15H19NO.2H2/c1-15(2)12-17-8-10-19(11-9-17)20-7-5-6-18(13-20)14-22-21(23)16(3)4;1-3-7-13-8-5-9-14(12-13)10-6-11-16-15(17)4-2;;/h5-11,13,15-16H,12,14H2,1-4H3,(H,22,23);5,8-9,12H,3-4,7,11H2,1-2H3,(H,16,17);2*1H. The second kappa shape index (κ2) is 17.7. The van der Waals surface area contributed by atoms with Crippen LogP contribution in [-0.4, -0.2) is 18.4 Å². The van der Waals surface area contributed by atoms with Gasteiger partial charge in [0, 0.05) is 27.3 Å². The molecule has 2 N–H and O–H groups in total. The second-order valence-electron chi connectivity index (χ2n) is 10.8. The van der Waals surface area contributed by atoms with E-state index in [1.54, 1.807) is 0 Å². The number of hydrogen-bond acceptors (Lipinski definition) is 2. The van der Waals surface area contributed by atoms with Crippen LogP contribution >= 0.6 is 0 Å². The Morgan fingerprint density at radius 1 is 0.800 bits per heavy atom. The zero-order chi connectivity index (χ0) is 29.3. The maximum Gasteiger partial charge on any atom is 0.222 e. The minimum Gasteiger partial charge on any atom is -0.352 e. The number of amides is 2. The van der Waals surface area contributed by atoms with Crippen molar-refractivity contribution in [2.45, 2.75) is 73.8 Å². The molecule has 40 heavy (non-hydrogen) atoms. The van der Waals surface area contributed by atoms with Crippen LogP contribution in [-0.2, 0) is 29.0 Å². The second-order valence-corrected chi connectivity index (χ2v) is 10.8. The Bertz CT molecular complexity index is 1280. The summed E-state index contributed by atoms with van der Waals surface area (Å²) in [6.45, 7) is 13.3. The van der Waals surface area contributed by atoms with Crippen molar-refractivity contribution in [3.63, 3.8) is 0 Å². The fourth-order valence-electron chi connectivity index (χ4n) is 4.07. The van der Waals surface area contributed by atoms with Crippen molar-refractivity contribution in [2.24, 2.45) is 11.8 Å². The number of carbonyl (C=O) groups is 2. The summed E-state index contributed by atoms with van der Waals surface area (Å²) in [7, 11) is 0. The predicted octanol–water partition coefficient (Wildman–Crippen LogP) is 7.83. The van der Waals surface area contributed by atoms with Gasteiger partial charge in [-0.1, -0.05) is 114 Å². The van der Waals surface area contributed by atoms with Gasteiger partial charge in [0.2, 0.25) is 11.8 Å². The molecule has 216 valence electrons. The molecule has 0 saturated heterocycles. The van der Waals surface area contributed by atoms with E-state index in [1.807, 2.05) is 39.0 Å². The van der Waals surface area contributed by atoms with Crippen LogP contribution in [0.4, 0.5) is 0 Å². The predicted molar refractivity (Wildman–Crippen MR) is 172 cm³/mol. The van der Waals surface area contributed by atoms with E-state index in [2.05, 4.69) is 97.8 Å². The number of aryl methyl sites for hydroxylation is 1. The van der Waals surface area contributed by atoms with E-state index in [0.29, 0.717) is 25.4 Å². The zero-order valence-corrected chi connectivity index (χ0v) is 25.1. The maximum atomic E-state index is 11.7. The quantitative estimate of drug-likeness (QED) is 0.257. The summed E-state index contributed by atoms with van der Waals surface area (Å²) >= 11 is 0. The molecule has 0 spiro atoms. The van der Waals surface area contributed by atoms with Crippen molar-refractivity contribution in [1.29, 1.82) is 0 Å². The highest BCUT2D eigenvalue weighted by molar-refractivity contribution is 5.78. The van der Waals surface area contributed by atoms with Crippen LogP contribution in [0.1, 0.15) is 79.5 Å². The van der Waals surface area contributed by atoms with Gasteiger partial charge in [-0.2, -0.15) is 0 Å². The fourth-order valence-corrected chi connectivity index (χ4v) is 4.07. The number of benzene rings is 3. The molecule has 4 heteroatoms. The Kier molecular flexibility index (Phi) is 14.3. The SMILES string of the molecule is CC(C)Cc1ccc(-c2cccc(CNC(=O)C(C)C)c2)cc1.CCCc1cccc(C#CCNC(=O)CC)c1.[HH].[HH]. The Labute approximate surface area is 245 Å². The first-order chi connectivity index (χ1) is 19.2. The lowest BCUT2D eigenvalue weighted by molar-refractivity contribution is -0.124. The van der Waals surface area contributed by atoms with Gasteiger partial charge in [0.15, 0.2) is 0 Å². The van der Waals surface area contributed by atoms with Crippen molar-refractivity contribution in [3.05, 3.63) is 95.1 Å². The highest BCUT2D eigenvalue weighted by atomic mass is 16.2. The summed E-state index contributed by atoms with van der Waals surface area (Å²) in [5, 5.41) is 5.70. The highest BCUT2D eigenvalue weighted by Gasteiger charge is 2.07. The van der Waals surface area contributed by atoms with Crippen LogP contribution < -0.4 is 10.6 Å². The summed E-state index contributed by atoms with van der Waals surface area (Å²) in [6, 6.07) is 25.4. The smallest absolute Gasteiger partial charge is 0.222 e. The van der Waals surface area contributed by atoms with Gasteiger partial charge in [0.05, 0.1) is 6.54 Å². The van der Waals surface area contributed by atoms with Gasteiger partial charge in [-0.15, -0.1) is 0 Å². The molecule has 0 aliphatic carbocycles. The average Bonchev–Trinajstić information content (AvgIpc) is 2.95. The lowest BCUT2D eigenvalue weighted by atomic mass is 9.98. The van der Waals surface area contributed by atoms with Crippen LogP contribution in [0.2, 0.25) is 0 Å². The van der Waals surface area contributed by atoms with Crippen LogP contribution in [0.3, 0.4) is 0 Å². The van der Waals surface area contributed by atoms with Crippen molar-refractivity contribution in [1.82, 2.24) is 10.6 Å². The van der Waals surface area contributed by atoms with Gasteiger partial charge in [-0.05, 0) is 64.8 Å². The third kappa shape index (κ3) is 12.3. The van der Waals surface area contributed by atoms with E-state index in [9.17, 15) is 9.59 Å². The first-order valence-corrected chi connectivity index (χ1v) is 14.5. The molecule has 3 rings (SSSR count). The van der Waals surface area contributed by atoms with E-state index < -0.39 is 0 Å². The highest BCUT2D eigenvalue weighted by Crippen LogP contribution is 2.22. The Balaban J connectivity index is 0.000000797. The topological polar surface area (TPSA) is 58.2 Å². The Morgan fingerprint density at radius 3 is 2.15 bits per heavy atom. The maximum absolute atomic E-state index is 11.7. The van der Waals surface area contributed by atoms with E-state index in [-0.39, 0.29) is 20.6 Å². The van der Waals surface area contributed by atoms with Gasteiger partial charge in [0.1, 0.15) is 0 Å². The van der Waals surface area contributed by atoms with Gasteiger partial charge in [-0.25, -0.2) is 0 Å². The molecule has 3 aromatic rings. The van der Waals surface area contributed by atoms with Gasteiger partial charge in [0.25, 0.3) is 0 Å². The largest absolute Gasteiger partial charge is 0.352 e. The number of carbonyl (C=O) groups excluding carboxylic acids is 2. The van der Waals surface area contributed by atoms with Crippen molar-refractivity contribution in [3.8, 4) is 23.0 Å². The molecule has 0 bridgehead atoms. The molecular formula is C36H50N2O2. The summed E-state index contributed by atoms with van der Waals surface area (Å²) in [5.41, 5.74) is 7.25. The lowest BCUT2D eigenvalue weighted by Crippen LogP contribution is -2.27. The van der Waals surface area contributed by atoms with Crippen molar-refractivity contribution >= 4 is 11.8 Å². The summed E-state index contributed by atoms with van der Waals surface area (Å²) in [5.74, 6) is 6.84. The molecule has 0 atom stereocenters. The third-order valence-electron chi connectivity index (χ3n) is 6.24. The van der Waals surface area contributed by atoms with Gasteiger partial charge < -0.3 is 10.6 Å². The molecular weight excluding hydrogens is 492 g/mol. The van der Waals surface area contributed by atoms with Crippen LogP contribution in [0.15, 0.2) is 72.8 Å².